The molecule has 3 N–H and O–H groups in total. The highest BCUT2D eigenvalue weighted by Gasteiger charge is 2.35. The minimum Gasteiger partial charge on any atom is -0.374 e. The van der Waals surface area contributed by atoms with E-state index in [-0.39, 0.29) is 19.6 Å². The van der Waals surface area contributed by atoms with E-state index in [1.165, 1.54) is 0 Å². The molecule has 0 saturated carbocycles. The van der Waals surface area contributed by atoms with Gasteiger partial charge in [-0.3, -0.25) is 9.11 Å². The van der Waals surface area contributed by atoms with Crippen LogP contribution >= 0.6 is 0 Å². The standard InChI is InChI=1S/C13H19NO9S2/c15-24(16,17)14-12-9-21-11(8-23-25(18,19)20)6-13(12)22-7-10-4-2-1-3-5-10/h1-5,11-14H,6-9H2,(H,15,16,17)(H,18,19,20)/t11?,12?,13-/m0/s1. The summed E-state index contributed by atoms with van der Waals surface area (Å²) in [5.41, 5.74) is 0.852. The zero-order valence-electron chi connectivity index (χ0n) is 13.0. The smallest absolute Gasteiger partial charge is 0.374 e. The maximum absolute atomic E-state index is 11.1. The first-order chi connectivity index (χ1) is 11.6. The highest BCUT2D eigenvalue weighted by atomic mass is 32.3. The molecule has 1 aliphatic heterocycles. The Bertz CT molecular complexity index is 751. The lowest BCUT2D eigenvalue weighted by molar-refractivity contribution is -0.104. The third-order valence-electron chi connectivity index (χ3n) is 3.47. The van der Waals surface area contributed by atoms with E-state index in [0.717, 1.165) is 5.56 Å². The quantitative estimate of drug-likeness (QED) is 0.513. The van der Waals surface area contributed by atoms with Gasteiger partial charge in [0.25, 0.3) is 0 Å². The lowest BCUT2D eigenvalue weighted by Gasteiger charge is -2.35. The molecular weight excluding hydrogens is 378 g/mol. The number of hydrogen-bond acceptors (Lipinski definition) is 7. The largest absolute Gasteiger partial charge is 0.397 e. The second-order valence-corrected chi connectivity index (χ2v) is 7.71. The number of benzene rings is 1. The van der Waals surface area contributed by atoms with Gasteiger partial charge in [0.15, 0.2) is 0 Å². The van der Waals surface area contributed by atoms with E-state index < -0.39 is 45.6 Å². The first-order valence-corrected chi connectivity index (χ1v) is 10.1. The van der Waals surface area contributed by atoms with Crippen LogP contribution in [0.5, 0.6) is 0 Å². The van der Waals surface area contributed by atoms with Crippen LogP contribution in [-0.2, 0) is 41.0 Å². The molecule has 12 heteroatoms. The van der Waals surface area contributed by atoms with Crippen LogP contribution in [0.3, 0.4) is 0 Å². The van der Waals surface area contributed by atoms with Gasteiger partial charge in [0.05, 0.1) is 38.1 Å². The summed E-state index contributed by atoms with van der Waals surface area (Å²) in [4.78, 5) is 0. The van der Waals surface area contributed by atoms with Crippen molar-refractivity contribution in [3.63, 3.8) is 0 Å². The molecule has 142 valence electrons. The van der Waals surface area contributed by atoms with Crippen LogP contribution < -0.4 is 4.72 Å². The monoisotopic (exact) mass is 397 g/mol. The first-order valence-electron chi connectivity index (χ1n) is 7.26. The third-order valence-corrected chi connectivity index (χ3v) is 4.50. The van der Waals surface area contributed by atoms with Crippen molar-refractivity contribution in [1.29, 1.82) is 0 Å². The van der Waals surface area contributed by atoms with Crippen LogP contribution in [0.1, 0.15) is 12.0 Å². The molecule has 0 spiro atoms. The molecule has 1 heterocycles. The molecular formula is C13H19NO9S2. The summed E-state index contributed by atoms with van der Waals surface area (Å²) in [6.07, 6.45) is -1.34. The predicted molar refractivity (Wildman–Crippen MR) is 85.3 cm³/mol. The first kappa shape index (κ1) is 20.2. The molecule has 1 aromatic rings. The Labute approximate surface area is 145 Å². The molecule has 2 unspecified atom stereocenters. The van der Waals surface area contributed by atoms with Gasteiger partial charge in [-0.15, -0.1) is 0 Å². The minimum absolute atomic E-state index is 0.0928. The maximum Gasteiger partial charge on any atom is 0.397 e. The van der Waals surface area contributed by atoms with Crippen LogP contribution in [-0.4, -0.2) is 57.4 Å². The SMILES string of the molecule is O=S(=O)(O)NC1COC(COS(=O)(=O)O)C[C@@H]1OCc1ccccc1. The van der Waals surface area contributed by atoms with Gasteiger partial charge < -0.3 is 9.47 Å². The molecule has 0 amide bonds. The maximum atomic E-state index is 11.1. The van der Waals surface area contributed by atoms with E-state index in [9.17, 15) is 16.8 Å². The van der Waals surface area contributed by atoms with E-state index in [4.69, 9.17) is 18.6 Å². The molecule has 0 aliphatic carbocycles. The lowest BCUT2D eigenvalue weighted by Crippen LogP contribution is -2.53. The van der Waals surface area contributed by atoms with E-state index in [2.05, 4.69) is 4.18 Å². The summed E-state index contributed by atoms with van der Waals surface area (Å²) in [6.45, 7) is -0.428. The zero-order valence-corrected chi connectivity index (χ0v) is 14.6. The van der Waals surface area contributed by atoms with Gasteiger partial charge in [-0.2, -0.15) is 21.6 Å². The van der Waals surface area contributed by atoms with Crippen molar-refractivity contribution in [2.24, 2.45) is 0 Å². The van der Waals surface area contributed by atoms with E-state index in [1.807, 2.05) is 35.1 Å². The molecule has 1 fully saturated rings. The van der Waals surface area contributed by atoms with Crippen molar-refractivity contribution < 1.29 is 39.6 Å². The van der Waals surface area contributed by atoms with Gasteiger partial charge in [-0.1, -0.05) is 30.3 Å². The second kappa shape index (κ2) is 8.51. The number of nitrogens with one attached hydrogen (secondary N) is 1. The lowest BCUT2D eigenvalue weighted by atomic mass is 10.0. The van der Waals surface area contributed by atoms with Crippen LogP contribution in [0.4, 0.5) is 0 Å². The van der Waals surface area contributed by atoms with Crippen LogP contribution in [0.25, 0.3) is 0 Å². The summed E-state index contributed by atoms with van der Waals surface area (Å²) in [5.74, 6) is 0. The molecule has 10 nitrogen and oxygen atoms in total. The summed E-state index contributed by atoms with van der Waals surface area (Å²) < 4.78 is 78.2. The van der Waals surface area contributed by atoms with Crippen molar-refractivity contribution >= 4 is 20.7 Å². The summed E-state index contributed by atoms with van der Waals surface area (Å²) >= 11 is 0. The highest BCUT2D eigenvalue weighted by molar-refractivity contribution is 7.83. The van der Waals surface area contributed by atoms with Crippen LogP contribution in [0.15, 0.2) is 30.3 Å². The Kier molecular flexibility index (Phi) is 6.87. The van der Waals surface area contributed by atoms with E-state index in [0.29, 0.717) is 0 Å². The Morgan fingerprint density at radius 1 is 1.16 bits per heavy atom. The molecule has 2 rings (SSSR count). The van der Waals surface area contributed by atoms with Gasteiger partial charge in [-0.25, -0.2) is 4.18 Å². The Morgan fingerprint density at radius 2 is 1.84 bits per heavy atom. The van der Waals surface area contributed by atoms with Crippen LogP contribution in [0, 0.1) is 0 Å². The Morgan fingerprint density at radius 3 is 2.44 bits per heavy atom. The molecule has 1 saturated heterocycles. The van der Waals surface area contributed by atoms with Crippen molar-refractivity contribution in [2.75, 3.05) is 13.2 Å². The normalized spacial score (nSPS) is 25.0. The van der Waals surface area contributed by atoms with Crippen molar-refractivity contribution in [3.05, 3.63) is 35.9 Å². The zero-order chi connectivity index (χ0) is 18.5. The number of hydrogen-bond donors (Lipinski definition) is 3. The van der Waals surface area contributed by atoms with Crippen molar-refractivity contribution in [2.45, 2.75) is 31.3 Å². The van der Waals surface area contributed by atoms with Gasteiger partial charge in [0, 0.05) is 6.42 Å². The third kappa shape index (κ3) is 7.75. The fourth-order valence-electron chi connectivity index (χ4n) is 2.38. The van der Waals surface area contributed by atoms with Gasteiger partial charge >= 0.3 is 20.7 Å². The number of ether oxygens (including phenoxy) is 2. The Hall–Kier alpha value is -1.12. The topological polar surface area (TPSA) is 148 Å². The summed E-state index contributed by atoms with van der Waals surface area (Å²) in [5, 5.41) is 0. The molecule has 25 heavy (non-hydrogen) atoms. The fourth-order valence-corrected chi connectivity index (χ4v) is 3.31. The summed E-state index contributed by atoms with van der Waals surface area (Å²) in [7, 11) is -9.08. The molecule has 0 aromatic heterocycles. The summed E-state index contributed by atoms with van der Waals surface area (Å²) in [6, 6.07) is 8.26. The fraction of sp³-hybridized carbons (Fsp3) is 0.538. The van der Waals surface area contributed by atoms with Crippen LogP contribution in [0.2, 0.25) is 0 Å². The molecule has 0 radical (unpaired) electrons. The van der Waals surface area contributed by atoms with Crippen molar-refractivity contribution in [3.8, 4) is 0 Å². The second-order valence-electron chi connectivity index (χ2n) is 5.44. The van der Waals surface area contributed by atoms with Gasteiger partial charge in [0.2, 0.25) is 0 Å². The molecule has 1 aromatic carbocycles. The highest BCUT2D eigenvalue weighted by Crippen LogP contribution is 2.20. The van der Waals surface area contributed by atoms with Gasteiger partial charge in [0.1, 0.15) is 0 Å². The van der Waals surface area contributed by atoms with E-state index in [1.54, 1.807) is 0 Å². The Balaban J connectivity index is 2.00. The van der Waals surface area contributed by atoms with E-state index >= 15 is 0 Å². The molecule has 1 aliphatic rings. The minimum atomic E-state index is -4.61. The van der Waals surface area contributed by atoms with Gasteiger partial charge in [-0.05, 0) is 5.56 Å². The number of rotatable bonds is 8. The average molecular weight is 397 g/mol. The average Bonchev–Trinajstić information content (AvgIpc) is 2.51. The molecule has 0 bridgehead atoms. The predicted octanol–water partition coefficient (Wildman–Crippen LogP) is -0.0589. The molecule has 3 atom stereocenters. The van der Waals surface area contributed by atoms with Crippen molar-refractivity contribution in [1.82, 2.24) is 4.72 Å².